The number of rotatable bonds is 2. The van der Waals surface area contributed by atoms with Crippen molar-refractivity contribution in [2.24, 2.45) is 0 Å². The molecule has 0 radical (unpaired) electrons. The minimum absolute atomic E-state index is 0.281. The van der Waals surface area contributed by atoms with Crippen LogP contribution in [0.5, 0.6) is 0 Å². The first-order valence-electron chi connectivity index (χ1n) is 2.61. The van der Waals surface area contributed by atoms with Crippen LogP contribution in [-0.4, -0.2) is 18.7 Å². The van der Waals surface area contributed by atoms with E-state index in [0.29, 0.717) is 12.8 Å². The summed E-state index contributed by atoms with van der Waals surface area (Å²) in [4.78, 5) is 20.0. The molecule has 4 nitrogen and oxygen atoms in total. The summed E-state index contributed by atoms with van der Waals surface area (Å²) in [6.07, 6.45) is 0.200. The van der Waals surface area contributed by atoms with E-state index >= 15 is 0 Å². The highest BCUT2D eigenvalue weighted by Gasteiger charge is 2.23. The van der Waals surface area contributed by atoms with E-state index in [4.69, 9.17) is 0 Å². The molecule has 1 unspecified atom stereocenters. The summed E-state index contributed by atoms with van der Waals surface area (Å²) < 4.78 is 8.86. The number of carbonyl (C=O) groups is 2. The third-order valence-electron chi connectivity index (χ3n) is 1.05. The van der Waals surface area contributed by atoms with E-state index < -0.39 is 6.29 Å². The van der Waals surface area contributed by atoms with Gasteiger partial charge in [-0.2, -0.15) is 0 Å². The third-order valence-corrected chi connectivity index (χ3v) is 1.05. The molecule has 0 aromatic carbocycles. The number of hydrogen-bond donors (Lipinski definition) is 0. The summed E-state index contributed by atoms with van der Waals surface area (Å²) in [6, 6.07) is 0. The highest BCUT2D eigenvalue weighted by molar-refractivity contribution is 5.71. The lowest BCUT2D eigenvalue weighted by molar-refractivity contribution is -0.167. The Bertz CT molecular complexity index is 131. The summed E-state index contributed by atoms with van der Waals surface area (Å²) in [6.45, 7) is 0.281. The second kappa shape index (κ2) is 2.48. The van der Waals surface area contributed by atoms with E-state index in [9.17, 15) is 9.59 Å². The van der Waals surface area contributed by atoms with Gasteiger partial charge in [0, 0.05) is 6.42 Å². The molecule has 1 aliphatic rings. The van der Waals surface area contributed by atoms with Crippen LogP contribution in [-0.2, 0) is 19.1 Å². The van der Waals surface area contributed by atoms with E-state index in [1.807, 2.05) is 0 Å². The summed E-state index contributed by atoms with van der Waals surface area (Å²) in [5.74, 6) is -0.304. The molecule has 50 valence electrons. The minimum Gasteiger partial charge on any atom is -0.427 e. The molecule has 0 spiro atoms. The molecular formula is C5H6O4. The average Bonchev–Trinajstić information content (AvgIpc) is 2.17. The fourth-order valence-corrected chi connectivity index (χ4v) is 0.658. The van der Waals surface area contributed by atoms with Gasteiger partial charge in [-0.15, -0.1) is 0 Å². The van der Waals surface area contributed by atoms with Crippen molar-refractivity contribution in [3.05, 3.63) is 0 Å². The molecule has 0 aromatic heterocycles. The normalized spacial score (nSPS) is 25.3. The van der Waals surface area contributed by atoms with Crippen molar-refractivity contribution in [2.75, 3.05) is 0 Å². The first-order chi connectivity index (χ1) is 4.33. The van der Waals surface area contributed by atoms with Crippen molar-refractivity contribution < 1.29 is 19.1 Å². The lowest BCUT2D eigenvalue weighted by atomic mass is 10.4. The van der Waals surface area contributed by atoms with Crippen molar-refractivity contribution >= 4 is 12.4 Å². The molecule has 0 saturated carbocycles. The Kier molecular flexibility index (Phi) is 1.67. The Labute approximate surface area is 51.7 Å². The minimum atomic E-state index is -0.630. The Morgan fingerprint density at radius 1 is 1.78 bits per heavy atom. The van der Waals surface area contributed by atoms with Gasteiger partial charge in [-0.05, 0) is 0 Å². The van der Waals surface area contributed by atoms with Gasteiger partial charge in [-0.25, -0.2) is 0 Å². The Morgan fingerprint density at radius 2 is 2.56 bits per heavy atom. The van der Waals surface area contributed by atoms with Crippen LogP contribution in [0.2, 0.25) is 0 Å². The smallest absolute Gasteiger partial charge is 0.309 e. The van der Waals surface area contributed by atoms with Crippen LogP contribution in [0.15, 0.2) is 0 Å². The van der Waals surface area contributed by atoms with Gasteiger partial charge >= 0.3 is 5.97 Å². The number of ether oxygens (including phenoxy) is 2. The molecule has 1 aliphatic heterocycles. The monoisotopic (exact) mass is 130 g/mol. The lowest BCUT2D eigenvalue weighted by Gasteiger charge is -2.03. The van der Waals surface area contributed by atoms with Gasteiger partial charge in [-0.1, -0.05) is 0 Å². The van der Waals surface area contributed by atoms with E-state index in [-0.39, 0.29) is 12.4 Å². The van der Waals surface area contributed by atoms with E-state index in [0.717, 1.165) is 0 Å². The Hall–Kier alpha value is -1.06. The van der Waals surface area contributed by atoms with Crippen LogP contribution in [0, 0.1) is 0 Å². The third kappa shape index (κ3) is 1.42. The number of carbonyl (C=O) groups excluding carboxylic acids is 2. The molecule has 9 heavy (non-hydrogen) atoms. The van der Waals surface area contributed by atoms with Gasteiger partial charge in [0.25, 0.3) is 6.47 Å². The fraction of sp³-hybridized carbons (Fsp3) is 0.600. The summed E-state index contributed by atoms with van der Waals surface area (Å²) >= 11 is 0. The van der Waals surface area contributed by atoms with Gasteiger partial charge in [0.15, 0.2) is 0 Å². The average molecular weight is 130 g/mol. The molecular weight excluding hydrogens is 124 g/mol. The van der Waals surface area contributed by atoms with Crippen LogP contribution < -0.4 is 0 Å². The SMILES string of the molecule is O=COC1CCC(=O)O1. The predicted octanol–water partition coefficient (Wildman–Crippen LogP) is -0.177. The Balaban J connectivity index is 2.29. The molecule has 0 N–H and O–H groups in total. The van der Waals surface area contributed by atoms with Gasteiger partial charge in [0.05, 0.1) is 6.42 Å². The fourth-order valence-electron chi connectivity index (χ4n) is 0.658. The lowest BCUT2D eigenvalue weighted by Crippen LogP contribution is -2.09. The van der Waals surface area contributed by atoms with Gasteiger partial charge in [-0.3, -0.25) is 9.59 Å². The zero-order chi connectivity index (χ0) is 6.69. The van der Waals surface area contributed by atoms with E-state index in [1.165, 1.54) is 0 Å². The van der Waals surface area contributed by atoms with Gasteiger partial charge < -0.3 is 9.47 Å². The topological polar surface area (TPSA) is 52.6 Å². The maximum atomic E-state index is 10.3. The molecule has 0 amide bonds. The molecule has 1 rings (SSSR count). The first-order valence-corrected chi connectivity index (χ1v) is 2.61. The van der Waals surface area contributed by atoms with Crippen LogP contribution in [0.25, 0.3) is 0 Å². The molecule has 1 fully saturated rings. The quantitative estimate of drug-likeness (QED) is 0.384. The van der Waals surface area contributed by atoms with Crippen LogP contribution in [0.1, 0.15) is 12.8 Å². The van der Waals surface area contributed by atoms with Gasteiger partial charge in [0.1, 0.15) is 0 Å². The highest BCUT2D eigenvalue weighted by Crippen LogP contribution is 2.13. The summed E-state index contributed by atoms with van der Waals surface area (Å²) in [5.41, 5.74) is 0. The van der Waals surface area contributed by atoms with Crippen LogP contribution in [0.4, 0.5) is 0 Å². The number of cyclic esters (lactones) is 1. The maximum Gasteiger partial charge on any atom is 0.309 e. The molecule has 0 aromatic rings. The number of esters is 1. The second-order valence-electron chi connectivity index (χ2n) is 1.69. The van der Waals surface area contributed by atoms with Crippen LogP contribution in [0.3, 0.4) is 0 Å². The molecule has 0 aliphatic carbocycles. The first kappa shape index (κ1) is 6.07. The molecule has 1 saturated heterocycles. The van der Waals surface area contributed by atoms with Crippen molar-refractivity contribution in [1.82, 2.24) is 0 Å². The van der Waals surface area contributed by atoms with Gasteiger partial charge in [0.2, 0.25) is 6.29 Å². The maximum absolute atomic E-state index is 10.3. The van der Waals surface area contributed by atoms with Crippen LogP contribution >= 0.6 is 0 Å². The van der Waals surface area contributed by atoms with E-state index in [1.54, 1.807) is 0 Å². The van der Waals surface area contributed by atoms with E-state index in [2.05, 4.69) is 9.47 Å². The molecule has 1 heterocycles. The second-order valence-corrected chi connectivity index (χ2v) is 1.69. The molecule has 4 heteroatoms. The number of hydrogen-bond acceptors (Lipinski definition) is 4. The Morgan fingerprint density at radius 3 is 3.00 bits per heavy atom. The standard InChI is InChI=1S/C5H6O4/c6-3-8-5-2-1-4(7)9-5/h3,5H,1-2H2. The zero-order valence-electron chi connectivity index (χ0n) is 4.70. The predicted molar refractivity (Wildman–Crippen MR) is 26.3 cm³/mol. The summed E-state index contributed by atoms with van der Waals surface area (Å²) in [7, 11) is 0. The summed E-state index contributed by atoms with van der Waals surface area (Å²) in [5, 5.41) is 0. The molecule has 0 bridgehead atoms. The van der Waals surface area contributed by atoms with Crippen molar-refractivity contribution in [2.45, 2.75) is 19.1 Å². The zero-order valence-corrected chi connectivity index (χ0v) is 4.70. The van der Waals surface area contributed by atoms with Crippen molar-refractivity contribution in [3.63, 3.8) is 0 Å². The highest BCUT2D eigenvalue weighted by atomic mass is 16.7. The largest absolute Gasteiger partial charge is 0.427 e. The van der Waals surface area contributed by atoms with Crippen molar-refractivity contribution in [1.29, 1.82) is 0 Å². The van der Waals surface area contributed by atoms with Crippen molar-refractivity contribution in [3.8, 4) is 0 Å². The molecule has 1 atom stereocenters.